The molecule has 6 heteroatoms. The molecule has 0 aliphatic carbocycles. The lowest BCUT2D eigenvalue weighted by atomic mass is 10.1. The Kier molecular flexibility index (Phi) is 5.10. The van der Waals surface area contributed by atoms with Gasteiger partial charge in [0.25, 0.3) is 5.91 Å². The minimum Gasteiger partial charge on any atom is -0.378 e. The van der Waals surface area contributed by atoms with E-state index in [-0.39, 0.29) is 5.91 Å². The molecule has 2 aromatic carbocycles. The number of carbonyl (C=O) groups excluding carboxylic acids is 1. The highest BCUT2D eigenvalue weighted by atomic mass is 16.1. The van der Waals surface area contributed by atoms with Crippen molar-refractivity contribution < 1.29 is 4.79 Å². The summed E-state index contributed by atoms with van der Waals surface area (Å²) in [7, 11) is 4.02. The summed E-state index contributed by atoms with van der Waals surface area (Å²) >= 11 is 0. The minimum absolute atomic E-state index is 0.0881. The summed E-state index contributed by atoms with van der Waals surface area (Å²) in [6.07, 6.45) is 3.96. The van der Waals surface area contributed by atoms with Crippen LogP contribution in [0.25, 0.3) is 10.9 Å². The van der Waals surface area contributed by atoms with Gasteiger partial charge in [-0.25, -0.2) is 9.97 Å². The van der Waals surface area contributed by atoms with Crippen molar-refractivity contribution in [1.29, 1.82) is 0 Å². The maximum absolute atomic E-state index is 12.7. The second-order valence-corrected chi connectivity index (χ2v) is 7.37. The van der Waals surface area contributed by atoms with Crippen LogP contribution >= 0.6 is 0 Å². The van der Waals surface area contributed by atoms with Crippen LogP contribution in [0.3, 0.4) is 0 Å². The van der Waals surface area contributed by atoms with Crippen LogP contribution < -0.4 is 15.1 Å². The standard InChI is InChI=1S/C22H25N5O/c1-26(2)18-8-5-16(6-9-18)14-23-22(28)17-7-10-20-19(13-17)21(25-15-24-20)27-11-3-4-12-27/h5-10,13,15H,3-4,11-12,14H2,1-2H3,(H,23,28). The van der Waals surface area contributed by atoms with E-state index >= 15 is 0 Å². The summed E-state index contributed by atoms with van der Waals surface area (Å²) in [6.45, 7) is 2.51. The number of fused-ring (bicyclic) bond motifs is 1. The van der Waals surface area contributed by atoms with Crippen molar-refractivity contribution in [2.24, 2.45) is 0 Å². The molecule has 3 aromatic rings. The van der Waals surface area contributed by atoms with Crippen LogP contribution in [0.15, 0.2) is 48.8 Å². The van der Waals surface area contributed by atoms with E-state index in [2.05, 4.69) is 37.2 Å². The molecule has 4 rings (SSSR count). The number of carbonyl (C=O) groups is 1. The monoisotopic (exact) mass is 375 g/mol. The molecule has 1 aliphatic heterocycles. The number of benzene rings is 2. The smallest absolute Gasteiger partial charge is 0.251 e. The molecule has 2 heterocycles. The molecule has 0 bridgehead atoms. The number of hydrogen-bond acceptors (Lipinski definition) is 5. The molecule has 1 amide bonds. The third-order valence-corrected chi connectivity index (χ3v) is 5.19. The van der Waals surface area contributed by atoms with E-state index < -0.39 is 0 Å². The SMILES string of the molecule is CN(C)c1ccc(CNC(=O)c2ccc3ncnc(N4CCCC4)c3c2)cc1. The minimum atomic E-state index is -0.0881. The number of hydrogen-bond donors (Lipinski definition) is 1. The van der Waals surface area contributed by atoms with Gasteiger partial charge < -0.3 is 15.1 Å². The van der Waals surface area contributed by atoms with Crippen molar-refractivity contribution >= 4 is 28.3 Å². The molecule has 28 heavy (non-hydrogen) atoms. The fraction of sp³-hybridized carbons (Fsp3) is 0.318. The van der Waals surface area contributed by atoms with E-state index in [1.165, 1.54) is 12.8 Å². The zero-order valence-electron chi connectivity index (χ0n) is 16.4. The predicted octanol–water partition coefficient (Wildman–Crippen LogP) is 3.23. The van der Waals surface area contributed by atoms with E-state index in [9.17, 15) is 4.79 Å². The molecular formula is C22H25N5O. The number of amides is 1. The van der Waals surface area contributed by atoms with Gasteiger partial charge in [0.15, 0.2) is 0 Å². The summed E-state index contributed by atoms with van der Waals surface area (Å²) in [5.74, 6) is 0.839. The average Bonchev–Trinajstić information content (AvgIpc) is 3.26. The molecule has 1 aromatic heterocycles. The average molecular weight is 375 g/mol. The third kappa shape index (κ3) is 3.76. The molecule has 0 saturated carbocycles. The molecule has 1 N–H and O–H groups in total. The maximum Gasteiger partial charge on any atom is 0.251 e. The van der Waals surface area contributed by atoms with Crippen molar-refractivity contribution in [3.8, 4) is 0 Å². The Morgan fingerprint density at radius 3 is 2.54 bits per heavy atom. The summed E-state index contributed by atoms with van der Waals surface area (Å²) < 4.78 is 0. The molecule has 1 fully saturated rings. The van der Waals surface area contributed by atoms with Crippen molar-refractivity contribution in [3.05, 3.63) is 59.9 Å². The molecule has 6 nitrogen and oxygen atoms in total. The van der Waals surface area contributed by atoms with Gasteiger partial charge in [-0.05, 0) is 48.7 Å². The highest BCUT2D eigenvalue weighted by Gasteiger charge is 2.17. The summed E-state index contributed by atoms with van der Waals surface area (Å²) in [4.78, 5) is 25.9. The molecule has 0 radical (unpaired) electrons. The molecule has 144 valence electrons. The van der Waals surface area contributed by atoms with E-state index in [0.29, 0.717) is 12.1 Å². The number of anilines is 2. The zero-order chi connectivity index (χ0) is 19.5. The Morgan fingerprint density at radius 2 is 1.82 bits per heavy atom. The third-order valence-electron chi connectivity index (χ3n) is 5.19. The quantitative estimate of drug-likeness (QED) is 0.742. The van der Waals surface area contributed by atoms with Crippen molar-refractivity contribution in [2.75, 3.05) is 37.0 Å². The lowest BCUT2D eigenvalue weighted by molar-refractivity contribution is 0.0951. The first kappa shape index (κ1) is 18.2. The molecule has 0 atom stereocenters. The fourth-order valence-corrected chi connectivity index (χ4v) is 3.56. The van der Waals surface area contributed by atoms with Crippen molar-refractivity contribution in [2.45, 2.75) is 19.4 Å². The van der Waals surface area contributed by atoms with Gasteiger partial charge in [-0.15, -0.1) is 0 Å². The first-order valence-corrected chi connectivity index (χ1v) is 9.66. The molecule has 1 saturated heterocycles. The summed E-state index contributed by atoms with van der Waals surface area (Å²) in [5, 5.41) is 3.95. The predicted molar refractivity (Wildman–Crippen MR) is 113 cm³/mol. The van der Waals surface area contributed by atoms with E-state index in [0.717, 1.165) is 41.1 Å². The number of aromatic nitrogens is 2. The van der Waals surface area contributed by atoms with E-state index in [4.69, 9.17) is 0 Å². The number of nitrogens with one attached hydrogen (secondary N) is 1. The topological polar surface area (TPSA) is 61.4 Å². The molecule has 0 unspecified atom stereocenters. The number of rotatable bonds is 5. The largest absolute Gasteiger partial charge is 0.378 e. The fourth-order valence-electron chi connectivity index (χ4n) is 3.56. The lowest BCUT2D eigenvalue weighted by Gasteiger charge is -2.18. The molecule has 0 spiro atoms. The lowest BCUT2D eigenvalue weighted by Crippen LogP contribution is -2.23. The van der Waals surface area contributed by atoms with Crippen molar-refractivity contribution in [1.82, 2.24) is 15.3 Å². The van der Waals surface area contributed by atoms with Gasteiger partial charge in [-0.2, -0.15) is 0 Å². The second-order valence-electron chi connectivity index (χ2n) is 7.37. The number of nitrogens with zero attached hydrogens (tertiary/aromatic N) is 4. The zero-order valence-corrected chi connectivity index (χ0v) is 16.4. The van der Waals surface area contributed by atoms with Crippen molar-refractivity contribution in [3.63, 3.8) is 0 Å². The Morgan fingerprint density at radius 1 is 1.07 bits per heavy atom. The highest BCUT2D eigenvalue weighted by molar-refractivity contribution is 6.00. The maximum atomic E-state index is 12.7. The van der Waals surface area contributed by atoms with Gasteiger partial charge >= 0.3 is 0 Å². The van der Waals surface area contributed by atoms with E-state index in [1.54, 1.807) is 6.33 Å². The van der Waals surface area contributed by atoms with E-state index in [1.807, 2.05) is 44.4 Å². The van der Waals surface area contributed by atoms with Crippen LogP contribution in [0.2, 0.25) is 0 Å². The van der Waals surface area contributed by atoms with Crippen LogP contribution in [-0.2, 0) is 6.54 Å². The van der Waals surface area contributed by atoms with Crippen LogP contribution in [0.5, 0.6) is 0 Å². The summed E-state index contributed by atoms with van der Waals surface area (Å²) in [6, 6.07) is 13.8. The van der Waals surface area contributed by atoms with Gasteiger partial charge in [-0.1, -0.05) is 12.1 Å². The van der Waals surface area contributed by atoms with Gasteiger partial charge in [0, 0.05) is 50.4 Å². The van der Waals surface area contributed by atoms with Gasteiger partial charge in [0.05, 0.1) is 5.52 Å². The van der Waals surface area contributed by atoms with Gasteiger partial charge in [0.2, 0.25) is 0 Å². The van der Waals surface area contributed by atoms with Crippen LogP contribution in [-0.4, -0.2) is 43.1 Å². The first-order chi connectivity index (χ1) is 13.6. The second kappa shape index (κ2) is 7.84. The van der Waals surface area contributed by atoms with Crippen LogP contribution in [0.4, 0.5) is 11.5 Å². The summed E-state index contributed by atoms with van der Waals surface area (Å²) in [5.41, 5.74) is 3.71. The first-order valence-electron chi connectivity index (χ1n) is 9.66. The molecule has 1 aliphatic rings. The Balaban J connectivity index is 1.51. The normalized spacial score (nSPS) is 13.7. The Labute approximate surface area is 165 Å². The van der Waals surface area contributed by atoms with Gasteiger partial charge in [-0.3, -0.25) is 4.79 Å². The Bertz CT molecular complexity index is 978. The highest BCUT2D eigenvalue weighted by Crippen LogP contribution is 2.26. The van der Waals surface area contributed by atoms with Gasteiger partial charge in [0.1, 0.15) is 12.1 Å². The Hall–Kier alpha value is -3.15. The van der Waals surface area contributed by atoms with Crippen LogP contribution in [0.1, 0.15) is 28.8 Å². The molecular weight excluding hydrogens is 350 g/mol. The van der Waals surface area contributed by atoms with Crippen LogP contribution in [0, 0.1) is 0 Å².